The largest absolute Gasteiger partial charge is 0.440 e. The average Bonchev–Trinajstić information content (AvgIpc) is 2.84. The Hall–Kier alpha value is 1.04. The van der Waals surface area contributed by atoms with Gasteiger partial charge in [-0.15, -0.1) is 0 Å². The maximum absolute atomic E-state index is 12.5. The molecular formula is C20H27Cl6O9P3S2. The molecule has 40 heavy (non-hydrogen) atoms. The second-order valence-electron chi connectivity index (χ2n) is 6.61. The molecule has 2 rings (SSSR count). The Morgan fingerprint density at radius 1 is 0.850 bits per heavy atom. The van der Waals surface area contributed by atoms with E-state index in [1.807, 2.05) is 6.92 Å². The standard InChI is InChI=1S/C11H14Cl3O3PS.C9H10Cl3O3PS.H3O3P/c1-3-5-19-18(15,16-4-2)17-11-9(13)6-8(12)7-10(11)14;1-3-14-16(17,13-2)15-9-5-7(11)6(10)4-8(9)12;1-4(2)3/h6-7H,3-5H2,1-2H3;4-5H,3H2,1-2H3;4H,(H2,1,2,3). The van der Waals surface area contributed by atoms with Crippen molar-refractivity contribution in [1.29, 1.82) is 0 Å². The first kappa shape index (κ1) is 41.0. The van der Waals surface area contributed by atoms with Gasteiger partial charge in [0.25, 0.3) is 0 Å². The third-order valence-electron chi connectivity index (χ3n) is 3.60. The summed E-state index contributed by atoms with van der Waals surface area (Å²) in [7, 11) is -1.71. The molecule has 0 fully saturated rings. The van der Waals surface area contributed by atoms with Crippen molar-refractivity contribution in [3.63, 3.8) is 0 Å². The maximum Gasteiger partial charge on any atom is 0.440 e. The molecule has 230 valence electrons. The lowest BCUT2D eigenvalue weighted by molar-refractivity contribution is 0.242. The van der Waals surface area contributed by atoms with Crippen molar-refractivity contribution in [3.05, 3.63) is 54.4 Å². The predicted molar refractivity (Wildman–Crippen MR) is 173 cm³/mol. The highest BCUT2D eigenvalue weighted by molar-refractivity contribution is 8.55. The van der Waals surface area contributed by atoms with Crippen LogP contribution in [0.3, 0.4) is 0 Å². The molecular weight excluding hydrogens is 754 g/mol. The summed E-state index contributed by atoms with van der Waals surface area (Å²) in [5.74, 6) is 1.08. The summed E-state index contributed by atoms with van der Waals surface area (Å²) in [6.45, 7) is 0.00759. The van der Waals surface area contributed by atoms with Crippen molar-refractivity contribution in [3.8, 4) is 11.5 Å². The quantitative estimate of drug-likeness (QED) is 0.158. The monoisotopic (exact) mass is 778 g/mol. The second-order valence-corrected chi connectivity index (χ2v) is 16.8. The van der Waals surface area contributed by atoms with Crippen LogP contribution in [0.4, 0.5) is 0 Å². The molecule has 2 aromatic rings. The van der Waals surface area contributed by atoms with E-state index in [1.54, 1.807) is 13.8 Å². The Balaban J connectivity index is 0.000000674. The fourth-order valence-corrected chi connectivity index (χ4v) is 8.74. The molecule has 2 aromatic carbocycles. The number of rotatable bonds is 12. The molecule has 0 aliphatic carbocycles. The summed E-state index contributed by atoms with van der Waals surface area (Å²) in [6, 6.07) is 5.91. The van der Waals surface area contributed by atoms with Crippen molar-refractivity contribution < 1.29 is 41.5 Å². The fraction of sp³-hybridized carbons (Fsp3) is 0.400. The Bertz CT molecular complexity index is 1190. The van der Waals surface area contributed by atoms with Crippen LogP contribution in [0.2, 0.25) is 30.1 Å². The molecule has 0 amide bonds. The van der Waals surface area contributed by atoms with Crippen molar-refractivity contribution in [2.24, 2.45) is 0 Å². The maximum atomic E-state index is 12.5. The zero-order chi connectivity index (χ0) is 31.1. The summed E-state index contributed by atoms with van der Waals surface area (Å²) >= 11 is 41.7. The molecule has 0 aliphatic rings. The highest BCUT2D eigenvalue weighted by atomic mass is 35.5. The van der Waals surface area contributed by atoms with Crippen molar-refractivity contribution in [1.82, 2.24) is 0 Å². The van der Waals surface area contributed by atoms with Crippen LogP contribution in [0.1, 0.15) is 27.2 Å². The van der Waals surface area contributed by atoms with E-state index < -0.39 is 21.8 Å². The molecule has 0 bridgehead atoms. The van der Waals surface area contributed by atoms with Crippen LogP contribution >= 0.6 is 103 Å². The van der Waals surface area contributed by atoms with Gasteiger partial charge < -0.3 is 23.4 Å². The SMILES string of the molecule is CCCSP(=O)(OCC)Oc1c(Cl)cc(Cl)cc1Cl.CCOP(=S)(OC)Oc1cc(Cl)c(Cl)cc1Cl.O=[PH](O)O. The minimum Gasteiger partial charge on any atom is -0.422 e. The fourth-order valence-electron chi connectivity index (χ4n) is 2.15. The van der Waals surface area contributed by atoms with E-state index in [-0.39, 0.29) is 22.4 Å². The molecule has 0 radical (unpaired) electrons. The van der Waals surface area contributed by atoms with Gasteiger partial charge in [-0.05, 0) is 49.8 Å². The van der Waals surface area contributed by atoms with Crippen molar-refractivity contribution >= 4 is 115 Å². The van der Waals surface area contributed by atoms with Gasteiger partial charge in [0.1, 0.15) is 5.75 Å². The summed E-state index contributed by atoms with van der Waals surface area (Å²) in [5, 5.41) is 1.75. The molecule has 0 saturated carbocycles. The Kier molecular flexibility index (Phi) is 21.4. The van der Waals surface area contributed by atoms with Gasteiger partial charge in [-0.1, -0.05) is 76.5 Å². The van der Waals surface area contributed by atoms with Crippen LogP contribution in [0.15, 0.2) is 24.3 Å². The van der Waals surface area contributed by atoms with Crippen LogP contribution in [0.25, 0.3) is 0 Å². The van der Waals surface area contributed by atoms with Gasteiger partial charge in [0.15, 0.2) is 5.75 Å². The lowest BCUT2D eigenvalue weighted by Crippen LogP contribution is -2.00. The molecule has 0 heterocycles. The topological polar surface area (TPSA) is 121 Å². The Morgan fingerprint density at radius 3 is 1.80 bits per heavy atom. The van der Waals surface area contributed by atoms with Gasteiger partial charge in [-0.25, -0.2) is 4.57 Å². The summed E-state index contributed by atoms with van der Waals surface area (Å²) in [6.07, 6.45) is 0.854. The summed E-state index contributed by atoms with van der Waals surface area (Å²) < 4.78 is 47.7. The molecule has 9 nitrogen and oxygen atoms in total. The van der Waals surface area contributed by atoms with Crippen LogP contribution in [0, 0.1) is 0 Å². The smallest absolute Gasteiger partial charge is 0.422 e. The molecule has 2 atom stereocenters. The van der Waals surface area contributed by atoms with E-state index in [0.29, 0.717) is 38.2 Å². The van der Waals surface area contributed by atoms with Crippen LogP contribution in [-0.4, -0.2) is 35.9 Å². The van der Waals surface area contributed by atoms with E-state index in [9.17, 15) is 4.57 Å². The first-order valence-electron chi connectivity index (χ1n) is 10.9. The van der Waals surface area contributed by atoms with Crippen molar-refractivity contribution in [2.45, 2.75) is 27.2 Å². The first-order chi connectivity index (χ1) is 18.6. The normalized spacial score (nSPS) is 13.7. The number of halogens is 6. The zero-order valence-electron chi connectivity index (χ0n) is 21.4. The minimum absolute atomic E-state index is 0.133. The van der Waals surface area contributed by atoms with Gasteiger partial charge >= 0.3 is 21.8 Å². The van der Waals surface area contributed by atoms with Gasteiger partial charge in [-0.3, -0.25) is 13.6 Å². The molecule has 0 saturated heterocycles. The van der Waals surface area contributed by atoms with Crippen molar-refractivity contribution in [2.75, 3.05) is 26.1 Å². The minimum atomic E-state index is -3.32. The second kappa shape index (κ2) is 20.9. The molecule has 20 heteroatoms. The van der Waals surface area contributed by atoms with Gasteiger partial charge in [-0.2, -0.15) is 0 Å². The lowest BCUT2D eigenvalue weighted by Gasteiger charge is -2.20. The molecule has 0 spiro atoms. The lowest BCUT2D eigenvalue weighted by atomic mass is 10.3. The number of hydrogen-bond donors (Lipinski definition) is 2. The van der Waals surface area contributed by atoms with E-state index in [2.05, 4.69) is 0 Å². The third-order valence-corrected chi connectivity index (χ3v) is 11.8. The predicted octanol–water partition coefficient (Wildman–Crippen LogP) is 10.6. The molecule has 2 N–H and O–H groups in total. The molecule has 2 unspecified atom stereocenters. The van der Waals surface area contributed by atoms with E-state index >= 15 is 0 Å². The summed E-state index contributed by atoms with van der Waals surface area (Å²) in [4.78, 5) is 14.3. The highest BCUT2D eigenvalue weighted by Gasteiger charge is 2.29. The van der Waals surface area contributed by atoms with E-state index in [1.165, 1.54) is 31.4 Å². The summed E-state index contributed by atoms with van der Waals surface area (Å²) in [5.41, 5.74) is 0. The molecule has 0 aliphatic heterocycles. The molecule has 0 aromatic heterocycles. The van der Waals surface area contributed by atoms with Gasteiger partial charge in [0.05, 0.1) is 38.3 Å². The third kappa shape index (κ3) is 16.2. The number of hydrogen-bond acceptors (Lipinski definition) is 9. The Morgan fingerprint density at radius 2 is 1.35 bits per heavy atom. The van der Waals surface area contributed by atoms with Crippen LogP contribution in [0.5, 0.6) is 11.5 Å². The zero-order valence-corrected chi connectivity index (χ0v) is 30.3. The Labute approximate surface area is 273 Å². The van der Waals surface area contributed by atoms with E-state index in [4.69, 9.17) is 118 Å². The number of benzene rings is 2. The highest BCUT2D eigenvalue weighted by Crippen LogP contribution is 2.62. The van der Waals surface area contributed by atoms with Gasteiger partial charge in [0.2, 0.25) is 0 Å². The van der Waals surface area contributed by atoms with E-state index in [0.717, 1.165) is 17.8 Å². The first-order valence-corrected chi connectivity index (χ1v) is 20.1. The van der Waals surface area contributed by atoms with Crippen LogP contribution < -0.4 is 9.05 Å². The van der Waals surface area contributed by atoms with Crippen LogP contribution in [-0.2, 0) is 34.5 Å². The average molecular weight is 781 g/mol. The van der Waals surface area contributed by atoms with Gasteiger partial charge in [0, 0.05) is 35.8 Å².